The highest BCUT2D eigenvalue weighted by Gasteiger charge is 2.35. The molecule has 0 aromatic heterocycles. The van der Waals surface area contributed by atoms with Gasteiger partial charge in [0.25, 0.3) is 0 Å². The van der Waals surface area contributed by atoms with Gasteiger partial charge < -0.3 is 10.1 Å². The van der Waals surface area contributed by atoms with Crippen molar-refractivity contribution in [1.82, 2.24) is 5.32 Å². The molecule has 0 spiro atoms. The summed E-state index contributed by atoms with van der Waals surface area (Å²) in [4.78, 5) is 0. The van der Waals surface area contributed by atoms with Crippen molar-refractivity contribution in [2.45, 2.75) is 45.1 Å². The first-order valence-corrected chi connectivity index (χ1v) is 7.01. The topological polar surface area (TPSA) is 21.3 Å². The molecule has 1 fully saturated rings. The number of nitrogens with one attached hydrogen (secondary N) is 1. The van der Waals surface area contributed by atoms with Gasteiger partial charge >= 0.3 is 0 Å². The molecular weight excluding hydrogens is 222 g/mol. The summed E-state index contributed by atoms with van der Waals surface area (Å²) in [6.07, 6.45) is 6.78. The molecule has 18 heavy (non-hydrogen) atoms. The average Bonchev–Trinajstić information content (AvgIpc) is 2.41. The van der Waals surface area contributed by atoms with Crippen molar-refractivity contribution >= 4 is 0 Å². The van der Waals surface area contributed by atoms with Crippen LogP contribution in [0.2, 0.25) is 0 Å². The SMILES string of the molecule is CNC(c1ccc(OC)cc1)C1(C)CCCCC1. The normalized spacial score (nSPS) is 20.4. The molecule has 0 amide bonds. The molecule has 2 nitrogen and oxygen atoms in total. The van der Waals surface area contributed by atoms with E-state index < -0.39 is 0 Å². The number of hydrogen-bond donors (Lipinski definition) is 1. The predicted octanol–water partition coefficient (Wildman–Crippen LogP) is 3.93. The standard InChI is InChI=1S/C16H25NO/c1-16(11-5-4-6-12-16)15(17-2)13-7-9-14(18-3)10-8-13/h7-10,15,17H,4-6,11-12H2,1-3H3. The highest BCUT2D eigenvalue weighted by atomic mass is 16.5. The van der Waals surface area contributed by atoms with E-state index in [1.807, 2.05) is 0 Å². The first kappa shape index (κ1) is 13.4. The number of benzene rings is 1. The van der Waals surface area contributed by atoms with Crippen LogP contribution in [0.1, 0.15) is 50.6 Å². The summed E-state index contributed by atoms with van der Waals surface area (Å²) in [6, 6.07) is 8.96. The second-order valence-electron chi connectivity index (χ2n) is 5.71. The molecule has 1 atom stereocenters. The molecular formula is C16H25NO. The van der Waals surface area contributed by atoms with Crippen molar-refractivity contribution in [3.05, 3.63) is 29.8 Å². The molecule has 0 saturated heterocycles. The Kier molecular flexibility index (Phi) is 4.28. The van der Waals surface area contributed by atoms with Gasteiger partial charge in [-0.15, -0.1) is 0 Å². The fraction of sp³-hybridized carbons (Fsp3) is 0.625. The molecule has 100 valence electrons. The molecule has 1 aliphatic rings. The van der Waals surface area contributed by atoms with E-state index in [9.17, 15) is 0 Å². The molecule has 1 saturated carbocycles. The summed E-state index contributed by atoms with van der Waals surface area (Å²) >= 11 is 0. The lowest BCUT2D eigenvalue weighted by Crippen LogP contribution is -2.36. The third-order valence-corrected chi connectivity index (χ3v) is 4.43. The third kappa shape index (κ3) is 2.69. The largest absolute Gasteiger partial charge is 0.497 e. The van der Waals surface area contributed by atoms with Crippen LogP contribution in [0.5, 0.6) is 5.75 Å². The first-order valence-electron chi connectivity index (χ1n) is 7.01. The molecule has 1 aromatic rings. The Morgan fingerprint density at radius 3 is 2.22 bits per heavy atom. The van der Waals surface area contributed by atoms with Gasteiger partial charge in [-0.05, 0) is 43.0 Å². The second kappa shape index (κ2) is 5.75. The minimum Gasteiger partial charge on any atom is -0.497 e. The summed E-state index contributed by atoms with van der Waals surface area (Å²) < 4.78 is 5.23. The zero-order chi connectivity index (χ0) is 13.0. The van der Waals surface area contributed by atoms with Crippen LogP contribution in [-0.4, -0.2) is 14.2 Å². The Hall–Kier alpha value is -1.02. The Morgan fingerprint density at radius 2 is 1.72 bits per heavy atom. The lowest BCUT2D eigenvalue weighted by Gasteiger charge is -2.41. The van der Waals surface area contributed by atoms with E-state index in [0.29, 0.717) is 11.5 Å². The second-order valence-corrected chi connectivity index (χ2v) is 5.71. The van der Waals surface area contributed by atoms with Crippen LogP contribution in [0.3, 0.4) is 0 Å². The molecule has 0 radical (unpaired) electrons. The van der Waals surface area contributed by atoms with Gasteiger partial charge in [-0.3, -0.25) is 0 Å². The summed E-state index contributed by atoms with van der Waals surface area (Å²) in [7, 11) is 3.79. The molecule has 0 bridgehead atoms. The van der Waals surface area contributed by atoms with Crippen LogP contribution in [0.4, 0.5) is 0 Å². The summed E-state index contributed by atoms with van der Waals surface area (Å²) in [5.41, 5.74) is 1.77. The van der Waals surface area contributed by atoms with Gasteiger partial charge in [-0.25, -0.2) is 0 Å². The zero-order valence-electron chi connectivity index (χ0n) is 11.8. The van der Waals surface area contributed by atoms with Gasteiger partial charge in [0.05, 0.1) is 7.11 Å². The Morgan fingerprint density at radius 1 is 1.11 bits per heavy atom. The Bertz CT molecular complexity index is 365. The Balaban J connectivity index is 2.20. The monoisotopic (exact) mass is 247 g/mol. The van der Waals surface area contributed by atoms with E-state index >= 15 is 0 Å². The lowest BCUT2D eigenvalue weighted by atomic mass is 9.68. The number of hydrogen-bond acceptors (Lipinski definition) is 2. The van der Waals surface area contributed by atoms with E-state index in [2.05, 4.69) is 43.6 Å². The molecule has 1 aliphatic carbocycles. The summed E-state index contributed by atoms with van der Waals surface area (Å²) in [6.45, 7) is 2.43. The average molecular weight is 247 g/mol. The van der Waals surface area contributed by atoms with Gasteiger partial charge in [0.2, 0.25) is 0 Å². The minimum absolute atomic E-state index is 0.390. The Labute approximate surface area is 111 Å². The summed E-state index contributed by atoms with van der Waals surface area (Å²) in [5, 5.41) is 3.53. The number of ether oxygens (including phenoxy) is 1. The fourth-order valence-electron chi connectivity index (χ4n) is 3.36. The minimum atomic E-state index is 0.390. The van der Waals surface area contributed by atoms with Crippen molar-refractivity contribution in [1.29, 1.82) is 0 Å². The van der Waals surface area contributed by atoms with Crippen molar-refractivity contribution in [2.75, 3.05) is 14.2 Å². The van der Waals surface area contributed by atoms with Crippen molar-refractivity contribution in [3.63, 3.8) is 0 Å². The lowest BCUT2D eigenvalue weighted by molar-refractivity contribution is 0.150. The zero-order valence-corrected chi connectivity index (χ0v) is 11.8. The fourth-order valence-corrected chi connectivity index (χ4v) is 3.36. The van der Waals surface area contributed by atoms with Crippen molar-refractivity contribution in [3.8, 4) is 5.75 Å². The van der Waals surface area contributed by atoms with Gasteiger partial charge in [0.15, 0.2) is 0 Å². The predicted molar refractivity (Wildman–Crippen MR) is 76.0 cm³/mol. The molecule has 1 N–H and O–H groups in total. The summed E-state index contributed by atoms with van der Waals surface area (Å²) in [5.74, 6) is 0.933. The van der Waals surface area contributed by atoms with Gasteiger partial charge in [0, 0.05) is 6.04 Å². The van der Waals surface area contributed by atoms with Gasteiger partial charge in [-0.1, -0.05) is 38.3 Å². The van der Waals surface area contributed by atoms with E-state index in [0.717, 1.165) is 5.75 Å². The van der Waals surface area contributed by atoms with Crippen LogP contribution in [0.15, 0.2) is 24.3 Å². The molecule has 0 heterocycles. The molecule has 2 heteroatoms. The van der Waals surface area contributed by atoms with E-state index in [-0.39, 0.29) is 0 Å². The molecule has 1 aromatic carbocycles. The smallest absolute Gasteiger partial charge is 0.118 e. The first-order chi connectivity index (χ1) is 8.69. The third-order valence-electron chi connectivity index (χ3n) is 4.43. The van der Waals surface area contributed by atoms with Gasteiger partial charge in [0.1, 0.15) is 5.75 Å². The van der Waals surface area contributed by atoms with Crippen molar-refractivity contribution < 1.29 is 4.74 Å². The van der Waals surface area contributed by atoms with Crippen molar-refractivity contribution in [2.24, 2.45) is 5.41 Å². The van der Waals surface area contributed by atoms with Crippen LogP contribution < -0.4 is 10.1 Å². The van der Waals surface area contributed by atoms with Gasteiger partial charge in [-0.2, -0.15) is 0 Å². The highest BCUT2D eigenvalue weighted by Crippen LogP contribution is 2.45. The van der Waals surface area contributed by atoms with E-state index in [4.69, 9.17) is 4.74 Å². The highest BCUT2D eigenvalue weighted by molar-refractivity contribution is 5.30. The van der Waals surface area contributed by atoms with Crippen LogP contribution in [0.25, 0.3) is 0 Å². The molecule has 0 aliphatic heterocycles. The van der Waals surface area contributed by atoms with E-state index in [1.54, 1.807) is 7.11 Å². The maximum Gasteiger partial charge on any atom is 0.118 e. The quantitative estimate of drug-likeness (QED) is 0.870. The van der Waals surface area contributed by atoms with Crippen LogP contribution in [0, 0.1) is 5.41 Å². The van der Waals surface area contributed by atoms with E-state index in [1.165, 1.54) is 37.7 Å². The maximum absolute atomic E-state index is 5.23. The van der Waals surface area contributed by atoms with Crippen LogP contribution >= 0.6 is 0 Å². The number of rotatable bonds is 4. The van der Waals surface area contributed by atoms with Crippen LogP contribution in [-0.2, 0) is 0 Å². The number of methoxy groups -OCH3 is 1. The maximum atomic E-state index is 5.23. The molecule has 1 unspecified atom stereocenters. The molecule has 2 rings (SSSR count).